The summed E-state index contributed by atoms with van der Waals surface area (Å²) in [6, 6.07) is 4.46. The number of aromatic nitrogens is 1. The number of nitrogens with one attached hydrogen (secondary N) is 1. The molecule has 3 heterocycles. The molecule has 20 heavy (non-hydrogen) atoms. The van der Waals surface area contributed by atoms with Crippen molar-refractivity contribution < 1.29 is 4.79 Å². The van der Waals surface area contributed by atoms with Gasteiger partial charge in [0.25, 0.3) is 0 Å². The van der Waals surface area contributed by atoms with Crippen LogP contribution in [0, 0.1) is 0 Å². The number of amides is 1. The second-order valence-electron chi connectivity index (χ2n) is 5.96. The third-order valence-corrected chi connectivity index (χ3v) is 4.93. The maximum Gasteiger partial charge on any atom is 0.223 e. The number of nitrogens with zero attached hydrogens (tertiary/aromatic N) is 2. The summed E-state index contributed by atoms with van der Waals surface area (Å²) in [6.45, 7) is 4.02. The molecule has 108 valence electrons. The third kappa shape index (κ3) is 2.22. The second-order valence-corrected chi connectivity index (χ2v) is 5.96. The zero-order chi connectivity index (χ0) is 14.0. The lowest BCUT2D eigenvalue weighted by molar-refractivity contribution is -0.133. The van der Waals surface area contributed by atoms with Crippen molar-refractivity contribution in [1.82, 2.24) is 15.2 Å². The topological polar surface area (TPSA) is 45.2 Å². The van der Waals surface area contributed by atoms with Gasteiger partial charge in [0.1, 0.15) is 0 Å². The van der Waals surface area contributed by atoms with Crippen LogP contribution in [0.3, 0.4) is 0 Å². The van der Waals surface area contributed by atoms with E-state index in [1.54, 1.807) is 12.4 Å². The molecule has 1 spiro atoms. The number of carbonyl (C=O) groups excluding carboxylic acids is 1. The Hall–Kier alpha value is -1.42. The molecular weight excluding hydrogens is 250 g/mol. The highest BCUT2D eigenvalue weighted by Crippen LogP contribution is 2.41. The Kier molecular flexibility index (Phi) is 3.74. The number of pyridine rings is 1. The molecule has 0 bridgehead atoms. The first-order chi connectivity index (χ1) is 9.76. The Morgan fingerprint density at radius 3 is 2.95 bits per heavy atom. The SMILES string of the molecule is CC[C@H]1NCCC[C@]12CCC(=O)N2Cc1ccncc1. The largest absolute Gasteiger partial charge is 0.331 e. The van der Waals surface area contributed by atoms with Gasteiger partial charge in [0.15, 0.2) is 0 Å². The van der Waals surface area contributed by atoms with E-state index in [9.17, 15) is 4.79 Å². The summed E-state index contributed by atoms with van der Waals surface area (Å²) in [6.07, 6.45) is 8.69. The van der Waals surface area contributed by atoms with Gasteiger partial charge in [-0.1, -0.05) is 6.92 Å². The summed E-state index contributed by atoms with van der Waals surface area (Å²) in [5, 5.41) is 3.63. The summed E-state index contributed by atoms with van der Waals surface area (Å²) < 4.78 is 0. The van der Waals surface area contributed by atoms with E-state index >= 15 is 0 Å². The smallest absolute Gasteiger partial charge is 0.223 e. The number of carbonyl (C=O) groups is 1. The van der Waals surface area contributed by atoms with E-state index in [1.165, 1.54) is 5.56 Å². The van der Waals surface area contributed by atoms with Crippen molar-refractivity contribution in [2.75, 3.05) is 6.54 Å². The average molecular weight is 273 g/mol. The third-order valence-electron chi connectivity index (χ3n) is 4.93. The lowest BCUT2D eigenvalue weighted by atomic mass is 9.78. The molecule has 4 nitrogen and oxygen atoms in total. The predicted molar refractivity (Wildman–Crippen MR) is 78.1 cm³/mol. The van der Waals surface area contributed by atoms with Gasteiger partial charge in [-0.15, -0.1) is 0 Å². The van der Waals surface area contributed by atoms with Crippen LogP contribution in [0.1, 0.15) is 44.6 Å². The molecule has 0 unspecified atom stereocenters. The van der Waals surface area contributed by atoms with Gasteiger partial charge in [0.05, 0.1) is 5.54 Å². The van der Waals surface area contributed by atoms with E-state index in [0.29, 0.717) is 18.4 Å². The summed E-state index contributed by atoms with van der Waals surface area (Å²) in [4.78, 5) is 18.6. The van der Waals surface area contributed by atoms with Crippen molar-refractivity contribution in [1.29, 1.82) is 0 Å². The van der Waals surface area contributed by atoms with Gasteiger partial charge in [0, 0.05) is 31.4 Å². The fraction of sp³-hybridized carbons (Fsp3) is 0.625. The summed E-state index contributed by atoms with van der Waals surface area (Å²) >= 11 is 0. The summed E-state index contributed by atoms with van der Waals surface area (Å²) in [5.74, 6) is 0.309. The van der Waals surface area contributed by atoms with Crippen LogP contribution in [0.15, 0.2) is 24.5 Å². The quantitative estimate of drug-likeness (QED) is 0.917. The Balaban J connectivity index is 1.87. The van der Waals surface area contributed by atoms with Gasteiger partial charge < -0.3 is 10.2 Å². The van der Waals surface area contributed by atoms with E-state index < -0.39 is 0 Å². The molecule has 2 aliphatic rings. The molecule has 4 heteroatoms. The molecule has 0 aliphatic carbocycles. The maximum absolute atomic E-state index is 12.4. The maximum atomic E-state index is 12.4. The van der Waals surface area contributed by atoms with Crippen LogP contribution >= 0.6 is 0 Å². The second kappa shape index (κ2) is 5.52. The molecule has 2 fully saturated rings. The lowest BCUT2D eigenvalue weighted by Crippen LogP contribution is -2.61. The molecule has 0 aromatic carbocycles. The molecule has 0 radical (unpaired) electrons. The summed E-state index contributed by atoms with van der Waals surface area (Å²) in [7, 11) is 0. The first-order valence-corrected chi connectivity index (χ1v) is 7.69. The normalized spacial score (nSPS) is 30.1. The average Bonchev–Trinajstić information content (AvgIpc) is 2.79. The van der Waals surface area contributed by atoms with Crippen LogP contribution in [0.5, 0.6) is 0 Å². The molecule has 3 rings (SSSR count). The molecule has 2 atom stereocenters. The van der Waals surface area contributed by atoms with E-state index in [1.807, 2.05) is 12.1 Å². The highest BCUT2D eigenvalue weighted by atomic mass is 16.2. The fourth-order valence-electron chi connectivity index (χ4n) is 3.94. The Morgan fingerprint density at radius 2 is 2.20 bits per heavy atom. The molecule has 0 saturated carbocycles. The minimum absolute atomic E-state index is 0.0351. The van der Waals surface area contributed by atoms with Gasteiger partial charge in [-0.25, -0.2) is 0 Å². The summed E-state index contributed by atoms with van der Waals surface area (Å²) in [5.41, 5.74) is 1.21. The lowest BCUT2D eigenvalue weighted by Gasteiger charge is -2.48. The molecule has 1 aromatic heterocycles. The highest BCUT2D eigenvalue weighted by molar-refractivity contribution is 5.80. The molecule has 2 aliphatic heterocycles. The molecule has 1 amide bonds. The van der Waals surface area contributed by atoms with Crippen LogP contribution in [0.2, 0.25) is 0 Å². The van der Waals surface area contributed by atoms with Crippen molar-refractivity contribution in [2.45, 2.75) is 57.2 Å². The predicted octanol–water partition coefficient (Wildman–Crippen LogP) is 2.10. The van der Waals surface area contributed by atoms with Gasteiger partial charge >= 0.3 is 0 Å². The molecule has 2 saturated heterocycles. The Labute approximate surface area is 120 Å². The van der Waals surface area contributed by atoms with Crippen molar-refractivity contribution >= 4 is 5.91 Å². The Morgan fingerprint density at radius 1 is 1.40 bits per heavy atom. The Bertz CT molecular complexity index is 476. The first kappa shape index (κ1) is 13.6. The van der Waals surface area contributed by atoms with Gasteiger partial charge in [-0.3, -0.25) is 9.78 Å². The van der Waals surface area contributed by atoms with Gasteiger partial charge in [-0.2, -0.15) is 0 Å². The monoisotopic (exact) mass is 273 g/mol. The zero-order valence-electron chi connectivity index (χ0n) is 12.1. The number of hydrogen-bond acceptors (Lipinski definition) is 3. The standard InChI is InChI=1S/C16H23N3O/c1-2-14-16(7-3-9-18-14)8-4-15(20)19(16)12-13-5-10-17-11-6-13/h5-6,10-11,14,18H,2-4,7-9,12H2,1H3/t14-,16+/m1/s1. The minimum atomic E-state index is 0.0351. The number of hydrogen-bond donors (Lipinski definition) is 1. The van der Waals surface area contributed by atoms with Crippen molar-refractivity contribution in [3.8, 4) is 0 Å². The minimum Gasteiger partial charge on any atom is -0.331 e. The van der Waals surface area contributed by atoms with Crippen molar-refractivity contribution in [2.24, 2.45) is 0 Å². The van der Waals surface area contributed by atoms with Crippen molar-refractivity contribution in [3.05, 3.63) is 30.1 Å². The van der Waals surface area contributed by atoms with E-state index in [0.717, 1.165) is 38.8 Å². The van der Waals surface area contributed by atoms with Crippen LogP contribution in [-0.2, 0) is 11.3 Å². The number of piperidine rings is 1. The molecule has 1 aromatic rings. The van der Waals surface area contributed by atoms with Crippen molar-refractivity contribution in [3.63, 3.8) is 0 Å². The highest BCUT2D eigenvalue weighted by Gasteiger charge is 2.50. The van der Waals surface area contributed by atoms with Crippen LogP contribution in [0.4, 0.5) is 0 Å². The van der Waals surface area contributed by atoms with Gasteiger partial charge in [-0.05, 0) is 49.9 Å². The van der Waals surface area contributed by atoms with Crippen LogP contribution in [0.25, 0.3) is 0 Å². The molecule has 1 N–H and O–H groups in total. The number of rotatable bonds is 3. The van der Waals surface area contributed by atoms with E-state index in [2.05, 4.69) is 22.1 Å². The van der Waals surface area contributed by atoms with Gasteiger partial charge in [0.2, 0.25) is 5.91 Å². The van der Waals surface area contributed by atoms with Crippen LogP contribution in [-0.4, -0.2) is 33.9 Å². The zero-order valence-corrected chi connectivity index (χ0v) is 12.1. The van der Waals surface area contributed by atoms with E-state index in [-0.39, 0.29) is 5.54 Å². The van der Waals surface area contributed by atoms with Crippen LogP contribution < -0.4 is 5.32 Å². The first-order valence-electron chi connectivity index (χ1n) is 7.69. The fourth-order valence-corrected chi connectivity index (χ4v) is 3.94. The molecular formula is C16H23N3O. The van der Waals surface area contributed by atoms with E-state index in [4.69, 9.17) is 0 Å². The number of likely N-dealkylation sites (tertiary alicyclic amines) is 1.